The minimum atomic E-state index is -0.442. The highest BCUT2D eigenvalue weighted by molar-refractivity contribution is 5.86. The Morgan fingerprint density at radius 1 is 1.12 bits per heavy atom. The predicted molar refractivity (Wildman–Crippen MR) is 122 cm³/mol. The lowest BCUT2D eigenvalue weighted by molar-refractivity contribution is -0.120. The molecule has 2 saturated carbocycles. The maximum atomic E-state index is 13.9. The Morgan fingerprint density at radius 3 is 2.59 bits per heavy atom. The summed E-state index contributed by atoms with van der Waals surface area (Å²) in [6.45, 7) is 0. The normalized spacial score (nSPS) is 25.4. The Morgan fingerprint density at radius 2 is 1.91 bits per heavy atom. The molecule has 2 aromatic heterocycles. The summed E-state index contributed by atoms with van der Waals surface area (Å²) in [5, 5.41) is 0.922. The predicted octanol–water partition coefficient (Wildman–Crippen LogP) is 4.41. The number of halogens is 1. The first-order valence-corrected chi connectivity index (χ1v) is 11.3. The van der Waals surface area contributed by atoms with Crippen molar-refractivity contribution in [3.63, 3.8) is 0 Å². The number of benzene rings is 1. The van der Waals surface area contributed by atoms with E-state index in [0.29, 0.717) is 29.9 Å². The molecule has 2 fully saturated rings. The van der Waals surface area contributed by atoms with E-state index < -0.39 is 6.04 Å². The van der Waals surface area contributed by atoms with Crippen molar-refractivity contribution >= 4 is 16.7 Å². The zero-order chi connectivity index (χ0) is 22.2. The number of ketones is 1. The van der Waals surface area contributed by atoms with E-state index in [0.717, 1.165) is 42.1 Å². The molecule has 4 nitrogen and oxygen atoms in total. The van der Waals surface area contributed by atoms with E-state index in [4.69, 9.17) is 12.2 Å². The maximum Gasteiger partial charge on any atom is 0.154 e. The third kappa shape index (κ3) is 3.91. The SMILES string of the molecule is C#Cc1ccc(CC(=O)C(N)C2C[C@H]3CC(c4ccnc5ccc(F)cc45)C[C@H]3C2)cn1. The van der Waals surface area contributed by atoms with Crippen LogP contribution in [0, 0.1) is 35.9 Å². The van der Waals surface area contributed by atoms with Gasteiger partial charge in [-0.2, -0.15) is 0 Å². The van der Waals surface area contributed by atoms with Gasteiger partial charge >= 0.3 is 0 Å². The van der Waals surface area contributed by atoms with E-state index in [1.807, 2.05) is 18.3 Å². The number of carbonyl (C=O) groups is 1. The van der Waals surface area contributed by atoms with Gasteiger partial charge in [-0.3, -0.25) is 9.78 Å². The number of hydrogen-bond donors (Lipinski definition) is 1. The summed E-state index contributed by atoms with van der Waals surface area (Å²) in [5.41, 5.74) is 9.87. The molecule has 3 unspecified atom stereocenters. The fourth-order valence-electron chi connectivity index (χ4n) is 5.90. The van der Waals surface area contributed by atoms with Crippen molar-refractivity contribution in [2.45, 2.75) is 44.1 Å². The molecule has 0 spiro atoms. The van der Waals surface area contributed by atoms with Crippen molar-refractivity contribution in [2.24, 2.45) is 23.5 Å². The Hall–Kier alpha value is -3.10. The first-order chi connectivity index (χ1) is 15.5. The molecule has 32 heavy (non-hydrogen) atoms. The molecule has 2 N–H and O–H groups in total. The highest BCUT2D eigenvalue weighted by Crippen LogP contribution is 2.53. The molecule has 0 amide bonds. The van der Waals surface area contributed by atoms with E-state index in [-0.39, 0.29) is 17.5 Å². The summed E-state index contributed by atoms with van der Waals surface area (Å²) in [5.74, 6) is 4.09. The van der Waals surface area contributed by atoms with E-state index >= 15 is 0 Å². The maximum absolute atomic E-state index is 13.9. The molecule has 5 atom stereocenters. The van der Waals surface area contributed by atoms with Crippen LogP contribution in [0.3, 0.4) is 0 Å². The topological polar surface area (TPSA) is 68.9 Å². The van der Waals surface area contributed by atoms with Crippen LogP contribution in [-0.2, 0) is 11.2 Å². The second-order valence-corrected chi connectivity index (χ2v) is 9.35. The number of fused-ring (bicyclic) bond motifs is 2. The van der Waals surface area contributed by atoms with Crippen LogP contribution in [0.5, 0.6) is 0 Å². The quantitative estimate of drug-likeness (QED) is 0.613. The molecule has 5 rings (SSSR count). The van der Waals surface area contributed by atoms with E-state index in [9.17, 15) is 9.18 Å². The lowest BCUT2D eigenvalue weighted by Crippen LogP contribution is -2.38. The summed E-state index contributed by atoms with van der Waals surface area (Å²) in [6, 6.07) is 10.0. The average molecular weight is 428 g/mol. The number of pyridine rings is 2. The smallest absolute Gasteiger partial charge is 0.154 e. The largest absolute Gasteiger partial charge is 0.321 e. The van der Waals surface area contributed by atoms with Gasteiger partial charge in [-0.05, 0) is 90.8 Å². The number of Topliss-reactive ketones (excluding diaryl/α,β-unsaturated/α-hetero) is 1. The van der Waals surface area contributed by atoms with Crippen LogP contribution in [-0.4, -0.2) is 21.8 Å². The van der Waals surface area contributed by atoms with Gasteiger partial charge < -0.3 is 5.73 Å². The lowest BCUT2D eigenvalue weighted by Gasteiger charge is -2.21. The van der Waals surface area contributed by atoms with E-state index in [2.05, 4.69) is 15.9 Å². The molecule has 2 aliphatic rings. The van der Waals surface area contributed by atoms with Gasteiger partial charge in [0.05, 0.1) is 11.6 Å². The molecular weight excluding hydrogens is 401 g/mol. The fraction of sp³-hybridized carbons (Fsp3) is 0.370. The lowest BCUT2D eigenvalue weighted by atomic mass is 9.86. The number of nitrogens with two attached hydrogens (primary N) is 1. The first kappa shape index (κ1) is 20.8. The standard InChI is InChI=1S/C27H26FN3O/c1-2-22-5-3-16(15-31-22)9-26(32)27(29)20-12-17-10-19(11-18(17)13-20)23-7-8-30-25-6-4-21(28)14-24(23)25/h1,3-8,14-15,17-20,27H,9-13,29H2/t17-,18+,19?,20?,27?. The minimum absolute atomic E-state index is 0.0670. The van der Waals surface area contributed by atoms with Crippen LogP contribution in [0.4, 0.5) is 4.39 Å². The van der Waals surface area contributed by atoms with Crippen LogP contribution >= 0.6 is 0 Å². The summed E-state index contributed by atoms with van der Waals surface area (Å²) < 4.78 is 13.9. The number of carbonyl (C=O) groups excluding carboxylic acids is 1. The second-order valence-electron chi connectivity index (χ2n) is 9.35. The zero-order valence-electron chi connectivity index (χ0n) is 17.9. The molecule has 0 saturated heterocycles. The number of terminal acetylenes is 1. The van der Waals surface area contributed by atoms with Gasteiger partial charge in [-0.25, -0.2) is 9.37 Å². The van der Waals surface area contributed by atoms with Crippen LogP contribution in [0.2, 0.25) is 0 Å². The first-order valence-electron chi connectivity index (χ1n) is 11.3. The van der Waals surface area contributed by atoms with Crippen molar-refractivity contribution in [3.8, 4) is 12.3 Å². The molecule has 2 heterocycles. The molecule has 162 valence electrons. The summed E-state index contributed by atoms with van der Waals surface area (Å²) in [4.78, 5) is 21.4. The van der Waals surface area contributed by atoms with Crippen LogP contribution in [0.15, 0.2) is 48.8 Å². The third-order valence-electron chi connectivity index (χ3n) is 7.46. The summed E-state index contributed by atoms with van der Waals surface area (Å²) in [7, 11) is 0. The molecule has 5 heteroatoms. The zero-order valence-corrected chi connectivity index (χ0v) is 17.9. The van der Waals surface area contributed by atoms with Crippen molar-refractivity contribution in [1.82, 2.24) is 9.97 Å². The number of rotatable bonds is 5. The second kappa shape index (κ2) is 8.44. The highest BCUT2D eigenvalue weighted by atomic mass is 19.1. The Labute approximate surface area is 187 Å². The van der Waals surface area contributed by atoms with Crippen molar-refractivity contribution in [3.05, 3.63) is 71.4 Å². The Balaban J connectivity index is 1.23. The van der Waals surface area contributed by atoms with Crippen LogP contribution < -0.4 is 5.73 Å². The monoisotopic (exact) mass is 427 g/mol. The Bertz CT molecular complexity index is 1190. The van der Waals surface area contributed by atoms with E-state index in [1.54, 1.807) is 24.4 Å². The van der Waals surface area contributed by atoms with Crippen molar-refractivity contribution in [1.29, 1.82) is 0 Å². The van der Waals surface area contributed by atoms with Gasteiger partial charge in [0.2, 0.25) is 0 Å². The number of nitrogens with zero attached hydrogens (tertiary/aromatic N) is 2. The van der Waals surface area contributed by atoms with Gasteiger partial charge in [0.15, 0.2) is 5.78 Å². The van der Waals surface area contributed by atoms with Crippen LogP contribution in [0.25, 0.3) is 10.9 Å². The van der Waals surface area contributed by atoms with Gasteiger partial charge in [0, 0.05) is 24.2 Å². The average Bonchev–Trinajstić information content (AvgIpc) is 3.38. The van der Waals surface area contributed by atoms with Crippen LogP contribution in [0.1, 0.15) is 48.4 Å². The van der Waals surface area contributed by atoms with Gasteiger partial charge in [-0.15, -0.1) is 6.42 Å². The molecule has 3 aromatic rings. The van der Waals surface area contributed by atoms with Crippen molar-refractivity contribution < 1.29 is 9.18 Å². The van der Waals surface area contributed by atoms with Gasteiger partial charge in [0.25, 0.3) is 0 Å². The molecular formula is C27H26FN3O. The Kier molecular flexibility index (Phi) is 5.48. The van der Waals surface area contributed by atoms with Crippen molar-refractivity contribution in [2.75, 3.05) is 0 Å². The fourth-order valence-corrected chi connectivity index (χ4v) is 5.90. The molecule has 2 aliphatic carbocycles. The van der Waals surface area contributed by atoms with Gasteiger partial charge in [0.1, 0.15) is 11.5 Å². The molecule has 0 radical (unpaired) electrons. The summed E-state index contributed by atoms with van der Waals surface area (Å²) in [6.07, 6.45) is 13.2. The third-order valence-corrected chi connectivity index (χ3v) is 7.46. The minimum Gasteiger partial charge on any atom is -0.321 e. The molecule has 0 aliphatic heterocycles. The van der Waals surface area contributed by atoms with Gasteiger partial charge in [-0.1, -0.05) is 12.0 Å². The molecule has 1 aromatic carbocycles. The van der Waals surface area contributed by atoms with E-state index in [1.165, 1.54) is 11.6 Å². The number of hydrogen-bond acceptors (Lipinski definition) is 4. The summed E-state index contributed by atoms with van der Waals surface area (Å²) >= 11 is 0. The number of aromatic nitrogens is 2. The molecule has 0 bridgehead atoms. The highest BCUT2D eigenvalue weighted by Gasteiger charge is 2.44.